The molecule has 2 aromatic carbocycles. The average molecular weight is 345 g/mol. The number of rotatable bonds is 6. The summed E-state index contributed by atoms with van der Waals surface area (Å²) in [7, 11) is 0. The molecule has 130 valence electrons. The van der Waals surface area contributed by atoms with E-state index in [1.54, 1.807) is 18.2 Å². The molecule has 2 N–H and O–H groups in total. The first-order valence-corrected chi connectivity index (χ1v) is 8.00. The SMILES string of the molecule is O=C(O)c1cccc(CCNC(=O)C2CC2c2ccc(F)cc2F)c1. The second-order valence-corrected chi connectivity index (χ2v) is 6.16. The van der Waals surface area contributed by atoms with Gasteiger partial charge in [0.25, 0.3) is 0 Å². The molecule has 3 rings (SSSR count). The minimum Gasteiger partial charge on any atom is -0.478 e. The Kier molecular flexibility index (Phi) is 4.79. The summed E-state index contributed by atoms with van der Waals surface area (Å²) in [5, 5.41) is 11.7. The number of amides is 1. The van der Waals surface area contributed by atoms with E-state index in [1.165, 1.54) is 18.2 Å². The molecular formula is C19H17F2NO3. The minimum atomic E-state index is -0.993. The maximum Gasteiger partial charge on any atom is 0.335 e. The number of halogens is 2. The van der Waals surface area contributed by atoms with Gasteiger partial charge in [0, 0.05) is 18.5 Å². The predicted molar refractivity (Wildman–Crippen MR) is 87.3 cm³/mol. The fraction of sp³-hybridized carbons (Fsp3) is 0.263. The van der Waals surface area contributed by atoms with Gasteiger partial charge >= 0.3 is 5.97 Å². The number of hydrogen-bond acceptors (Lipinski definition) is 2. The zero-order valence-electron chi connectivity index (χ0n) is 13.3. The molecule has 0 heterocycles. The lowest BCUT2D eigenvalue weighted by molar-refractivity contribution is -0.122. The molecule has 6 heteroatoms. The molecule has 1 aliphatic rings. The average Bonchev–Trinajstić information content (AvgIpc) is 3.35. The van der Waals surface area contributed by atoms with Gasteiger partial charge in [-0.3, -0.25) is 4.79 Å². The van der Waals surface area contributed by atoms with Crippen LogP contribution in [0, 0.1) is 17.6 Å². The number of aromatic carboxylic acids is 1. The number of hydrogen-bond donors (Lipinski definition) is 2. The first-order chi connectivity index (χ1) is 12.0. The van der Waals surface area contributed by atoms with E-state index in [2.05, 4.69) is 5.32 Å². The van der Waals surface area contributed by atoms with Crippen LogP contribution < -0.4 is 5.32 Å². The van der Waals surface area contributed by atoms with Crippen LogP contribution in [0.4, 0.5) is 8.78 Å². The van der Waals surface area contributed by atoms with Crippen LogP contribution in [0.25, 0.3) is 0 Å². The Hall–Kier alpha value is -2.76. The van der Waals surface area contributed by atoms with E-state index < -0.39 is 17.6 Å². The van der Waals surface area contributed by atoms with Crippen molar-refractivity contribution in [2.24, 2.45) is 5.92 Å². The summed E-state index contributed by atoms with van der Waals surface area (Å²) in [6.07, 6.45) is 1.05. The highest BCUT2D eigenvalue weighted by Crippen LogP contribution is 2.48. The van der Waals surface area contributed by atoms with E-state index >= 15 is 0 Å². The third kappa shape index (κ3) is 4.02. The first-order valence-electron chi connectivity index (χ1n) is 8.00. The summed E-state index contributed by atoms with van der Waals surface area (Å²) in [6, 6.07) is 9.96. The standard InChI is InChI=1S/C19H17F2NO3/c20-13-4-5-14(17(21)9-13)15-10-16(15)18(23)22-7-6-11-2-1-3-12(8-11)19(24)25/h1-5,8-9,15-16H,6-7,10H2,(H,22,23)(H,24,25). The summed E-state index contributed by atoms with van der Waals surface area (Å²) >= 11 is 0. The lowest BCUT2D eigenvalue weighted by Crippen LogP contribution is -2.27. The Labute approximate surface area is 143 Å². The molecule has 0 bridgehead atoms. The number of carbonyl (C=O) groups excluding carboxylic acids is 1. The van der Waals surface area contributed by atoms with Crippen molar-refractivity contribution in [1.29, 1.82) is 0 Å². The van der Waals surface area contributed by atoms with E-state index in [0.717, 1.165) is 11.6 Å². The van der Waals surface area contributed by atoms with Crippen LogP contribution in [0.15, 0.2) is 42.5 Å². The number of benzene rings is 2. The van der Waals surface area contributed by atoms with Crippen molar-refractivity contribution in [2.75, 3.05) is 6.54 Å². The molecule has 4 nitrogen and oxygen atoms in total. The molecule has 2 aromatic rings. The van der Waals surface area contributed by atoms with Gasteiger partial charge in [-0.25, -0.2) is 13.6 Å². The Morgan fingerprint density at radius 3 is 2.68 bits per heavy atom. The van der Waals surface area contributed by atoms with Crippen molar-refractivity contribution in [3.63, 3.8) is 0 Å². The van der Waals surface area contributed by atoms with Crippen molar-refractivity contribution in [2.45, 2.75) is 18.8 Å². The van der Waals surface area contributed by atoms with Gasteiger partial charge in [-0.2, -0.15) is 0 Å². The molecular weight excluding hydrogens is 328 g/mol. The van der Waals surface area contributed by atoms with Gasteiger partial charge < -0.3 is 10.4 Å². The fourth-order valence-electron chi connectivity index (χ4n) is 2.95. The van der Waals surface area contributed by atoms with Crippen molar-refractivity contribution in [3.8, 4) is 0 Å². The highest BCUT2D eigenvalue weighted by atomic mass is 19.1. The van der Waals surface area contributed by atoms with Gasteiger partial charge in [-0.05, 0) is 48.1 Å². The maximum atomic E-state index is 13.7. The summed E-state index contributed by atoms with van der Waals surface area (Å²) in [5.74, 6) is -2.92. The Morgan fingerprint density at radius 2 is 1.96 bits per heavy atom. The largest absolute Gasteiger partial charge is 0.478 e. The molecule has 1 fully saturated rings. The Morgan fingerprint density at radius 1 is 1.16 bits per heavy atom. The van der Waals surface area contributed by atoms with Gasteiger partial charge in [0.05, 0.1) is 5.56 Å². The van der Waals surface area contributed by atoms with E-state index in [1.807, 2.05) is 0 Å². The van der Waals surface area contributed by atoms with Crippen LogP contribution in [-0.4, -0.2) is 23.5 Å². The molecule has 0 aromatic heterocycles. The van der Waals surface area contributed by atoms with Crippen molar-refractivity contribution < 1.29 is 23.5 Å². The normalized spacial score (nSPS) is 18.6. The summed E-state index contributed by atoms with van der Waals surface area (Å²) < 4.78 is 26.7. The van der Waals surface area contributed by atoms with Crippen LogP contribution in [0.5, 0.6) is 0 Å². The van der Waals surface area contributed by atoms with Crippen LogP contribution in [0.2, 0.25) is 0 Å². The van der Waals surface area contributed by atoms with Crippen LogP contribution in [0.1, 0.15) is 33.8 Å². The number of carboxylic acid groups (broad SMARTS) is 1. The van der Waals surface area contributed by atoms with E-state index in [0.29, 0.717) is 24.9 Å². The molecule has 0 saturated heterocycles. The second-order valence-electron chi connectivity index (χ2n) is 6.16. The molecule has 2 unspecified atom stereocenters. The van der Waals surface area contributed by atoms with Crippen molar-refractivity contribution >= 4 is 11.9 Å². The third-order valence-electron chi connectivity index (χ3n) is 4.38. The Bertz CT molecular complexity index is 822. The second kappa shape index (κ2) is 7.01. The van der Waals surface area contributed by atoms with Gasteiger partial charge in [0.1, 0.15) is 11.6 Å². The lowest BCUT2D eigenvalue weighted by Gasteiger charge is -2.06. The number of nitrogens with one attached hydrogen (secondary N) is 1. The van der Waals surface area contributed by atoms with E-state index in [9.17, 15) is 18.4 Å². The molecule has 0 spiro atoms. The fourth-order valence-corrected chi connectivity index (χ4v) is 2.95. The molecule has 1 aliphatic carbocycles. The first kappa shape index (κ1) is 17.1. The quantitative estimate of drug-likeness (QED) is 0.845. The predicted octanol–water partition coefficient (Wildman–Crippen LogP) is 3.13. The molecule has 0 aliphatic heterocycles. The van der Waals surface area contributed by atoms with Gasteiger partial charge in [0.2, 0.25) is 5.91 Å². The smallest absolute Gasteiger partial charge is 0.335 e. The van der Waals surface area contributed by atoms with Crippen LogP contribution in [-0.2, 0) is 11.2 Å². The topological polar surface area (TPSA) is 66.4 Å². The van der Waals surface area contributed by atoms with Gasteiger partial charge in [-0.15, -0.1) is 0 Å². The van der Waals surface area contributed by atoms with Gasteiger partial charge in [0.15, 0.2) is 0 Å². The van der Waals surface area contributed by atoms with E-state index in [-0.39, 0.29) is 23.3 Å². The number of carbonyl (C=O) groups is 2. The lowest BCUT2D eigenvalue weighted by atomic mass is 10.1. The zero-order valence-corrected chi connectivity index (χ0v) is 13.3. The molecule has 25 heavy (non-hydrogen) atoms. The third-order valence-corrected chi connectivity index (χ3v) is 4.38. The molecule has 2 atom stereocenters. The van der Waals surface area contributed by atoms with Crippen molar-refractivity contribution in [1.82, 2.24) is 5.32 Å². The van der Waals surface area contributed by atoms with Crippen LogP contribution in [0.3, 0.4) is 0 Å². The van der Waals surface area contributed by atoms with Gasteiger partial charge in [-0.1, -0.05) is 18.2 Å². The number of carboxylic acids is 1. The molecule has 1 amide bonds. The van der Waals surface area contributed by atoms with E-state index in [4.69, 9.17) is 5.11 Å². The summed E-state index contributed by atoms with van der Waals surface area (Å²) in [6.45, 7) is 0.372. The maximum absolute atomic E-state index is 13.7. The monoisotopic (exact) mass is 345 g/mol. The minimum absolute atomic E-state index is 0.164. The zero-order chi connectivity index (χ0) is 18.0. The summed E-state index contributed by atoms with van der Waals surface area (Å²) in [4.78, 5) is 23.1. The highest BCUT2D eigenvalue weighted by molar-refractivity contribution is 5.87. The molecule has 1 saturated carbocycles. The Balaban J connectivity index is 1.51. The van der Waals surface area contributed by atoms with Crippen LogP contribution >= 0.6 is 0 Å². The van der Waals surface area contributed by atoms with Crippen molar-refractivity contribution in [3.05, 3.63) is 70.8 Å². The molecule has 0 radical (unpaired) electrons. The highest BCUT2D eigenvalue weighted by Gasteiger charge is 2.45. The summed E-state index contributed by atoms with van der Waals surface area (Å²) in [5.41, 5.74) is 1.39.